The molecule has 0 spiro atoms. The number of nitrogens with zero attached hydrogens (tertiary/aromatic N) is 1. The highest BCUT2D eigenvalue weighted by Crippen LogP contribution is 2.36. The van der Waals surface area contributed by atoms with Gasteiger partial charge in [0.15, 0.2) is 0 Å². The number of halogens is 1. The molecule has 1 aromatic heterocycles. The number of benzene rings is 3. The van der Waals surface area contributed by atoms with Crippen LogP contribution in [0.3, 0.4) is 0 Å². The van der Waals surface area contributed by atoms with Crippen LogP contribution in [0, 0.1) is 6.92 Å². The van der Waals surface area contributed by atoms with Crippen molar-refractivity contribution in [2.75, 3.05) is 13.1 Å². The summed E-state index contributed by atoms with van der Waals surface area (Å²) in [6, 6.07) is 19.5. The van der Waals surface area contributed by atoms with Crippen LogP contribution in [0.15, 0.2) is 60.8 Å². The molecule has 0 saturated carbocycles. The molecular weight excluding hydrogens is 364 g/mol. The van der Waals surface area contributed by atoms with Gasteiger partial charge in [0.25, 0.3) is 0 Å². The number of likely N-dealkylation sites (tertiary alicyclic amines) is 1. The third-order valence-electron chi connectivity index (χ3n) is 6.32. The van der Waals surface area contributed by atoms with Crippen LogP contribution in [-0.2, 0) is 6.54 Å². The lowest BCUT2D eigenvalue weighted by atomic mass is 9.89. The normalized spacial score (nSPS) is 16.2. The molecule has 0 bridgehead atoms. The smallest absolute Gasteiger partial charge is 0.0647 e. The first-order chi connectivity index (χ1) is 13.7. The summed E-state index contributed by atoms with van der Waals surface area (Å²) in [6.07, 6.45) is 4.57. The van der Waals surface area contributed by atoms with Crippen molar-refractivity contribution in [2.24, 2.45) is 0 Å². The molecule has 0 radical (unpaired) electrons. The van der Waals surface area contributed by atoms with Gasteiger partial charge in [0.2, 0.25) is 0 Å². The number of H-pyrrole nitrogens is 1. The summed E-state index contributed by atoms with van der Waals surface area (Å²) in [5.41, 5.74) is 5.33. The fourth-order valence-corrected chi connectivity index (χ4v) is 5.10. The van der Waals surface area contributed by atoms with Gasteiger partial charge in [-0.15, -0.1) is 0 Å². The lowest BCUT2D eigenvalue weighted by Crippen LogP contribution is -2.32. The van der Waals surface area contributed by atoms with Gasteiger partial charge in [-0.3, -0.25) is 4.90 Å². The van der Waals surface area contributed by atoms with Crippen molar-refractivity contribution in [1.82, 2.24) is 9.88 Å². The first-order valence-electron chi connectivity index (χ1n) is 10.2. The maximum Gasteiger partial charge on any atom is 0.0647 e. The number of hydrogen-bond acceptors (Lipinski definition) is 1. The van der Waals surface area contributed by atoms with E-state index in [4.69, 9.17) is 11.6 Å². The molecule has 0 amide bonds. The van der Waals surface area contributed by atoms with Gasteiger partial charge < -0.3 is 4.98 Å². The summed E-state index contributed by atoms with van der Waals surface area (Å²) >= 11 is 6.34. The van der Waals surface area contributed by atoms with E-state index < -0.39 is 0 Å². The molecule has 28 heavy (non-hydrogen) atoms. The quantitative estimate of drug-likeness (QED) is 0.415. The molecule has 142 valence electrons. The highest BCUT2D eigenvalue weighted by molar-refractivity contribution is 6.35. The number of aryl methyl sites for hydroxylation is 1. The average Bonchev–Trinajstić information content (AvgIpc) is 3.14. The van der Waals surface area contributed by atoms with Crippen molar-refractivity contribution in [3.63, 3.8) is 0 Å². The van der Waals surface area contributed by atoms with E-state index in [2.05, 4.69) is 71.5 Å². The molecule has 1 N–H and O–H groups in total. The Labute approximate surface area is 171 Å². The van der Waals surface area contributed by atoms with E-state index in [0.29, 0.717) is 5.92 Å². The van der Waals surface area contributed by atoms with Crippen LogP contribution >= 0.6 is 11.6 Å². The Morgan fingerprint density at radius 2 is 1.75 bits per heavy atom. The molecule has 0 atom stereocenters. The average molecular weight is 389 g/mol. The van der Waals surface area contributed by atoms with Crippen molar-refractivity contribution in [3.8, 4) is 0 Å². The number of para-hydroxylation sites is 1. The summed E-state index contributed by atoms with van der Waals surface area (Å²) in [5, 5.41) is 4.88. The molecule has 4 aromatic rings. The number of hydrogen-bond donors (Lipinski definition) is 1. The number of fused-ring (bicyclic) bond motifs is 2. The van der Waals surface area contributed by atoms with E-state index in [9.17, 15) is 0 Å². The second kappa shape index (κ2) is 7.27. The minimum Gasteiger partial charge on any atom is -0.360 e. The van der Waals surface area contributed by atoms with Crippen LogP contribution in [0.4, 0.5) is 0 Å². The zero-order valence-corrected chi connectivity index (χ0v) is 17.0. The van der Waals surface area contributed by atoms with Crippen molar-refractivity contribution < 1.29 is 0 Å². The third kappa shape index (κ3) is 3.11. The second-order valence-corrected chi connectivity index (χ2v) is 8.45. The zero-order chi connectivity index (χ0) is 19.1. The van der Waals surface area contributed by atoms with E-state index in [1.54, 1.807) is 0 Å². The van der Waals surface area contributed by atoms with Gasteiger partial charge in [0.1, 0.15) is 0 Å². The highest BCUT2D eigenvalue weighted by Gasteiger charge is 2.23. The van der Waals surface area contributed by atoms with Gasteiger partial charge in [-0.05, 0) is 72.3 Å². The Hall–Kier alpha value is -2.29. The molecular formula is C25H25ClN2. The fourth-order valence-electron chi connectivity index (χ4n) is 4.87. The molecule has 3 aromatic carbocycles. The fraction of sp³-hybridized carbons (Fsp3) is 0.280. The molecule has 2 heterocycles. The molecule has 1 aliphatic heterocycles. The number of rotatable bonds is 3. The molecule has 3 heteroatoms. The molecule has 0 unspecified atom stereocenters. The van der Waals surface area contributed by atoms with E-state index in [1.807, 2.05) is 6.07 Å². The summed E-state index contributed by atoms with van der Waals surface area (Å²) < 4.78 is 0. The second-order valence-electron chi connectivity index (χ2n) is 8.05. The lowest BCUT2D eigenvalue weighted by Gasteiger charge is -2.32. The number of nitrogens with one attached hydrogen (secondary N) is 1. The van der Waals surface area contributed by atoms with Gasteiger partial charge in [0, 0.05) is 18.1 Å². The summed E-state index contributed by atoms with van der Waals surface area (Å²) in [7, 11) is 0. The zero-order valence-electron chi connectivity index (χ0n) is 16.2. The molecule has 1 aliphatic rings. The van der Waals surface area contributed by atoms with E-state index in [1.165, 1.54) is 45.7 Å². The van der Waals surface area contributed by atoms with Gasteiger partial charge in [-0.1, -0.05) is 60.1 Å². The van der Waals surface area contributed by atoms with Crippen molar-refractivity contribution >= 4 is 33.3 Å². The molecule has 5 rings (SSSR count). The molecule has 1 fully saturated rings. The Morgan fingerprint density at radius 3 is 2.57 bits per heavy atom. The Bertz CT molecular complexity index is 1130. The lowest BCUT2D eigenvalue weighted by molar-refractivity contribution is 0.206. The van der Waals surface area contributed by atoms with Crippen LogP contribution in [0.5, 0.6) is 0 Å². The van der Waals surface area contributed by atoms with Crippen LogP contribution in [0.2, 0.25) is 5.02 Å². The van der Waals surface area contributed by atoms with Crippen LogP contribution < -0.4 is 0 Å². The molecule has 0 aliphatic carbocycles. The predicted molar refractivity (Wildman–Crippen MR) is 119 cm³/mol. The Balaban J connectivity index is 1.33. The van der Waals surface area contributed by atoms with Crippen LogP contribution in [0.25, 0.3) is 21.7 Å². The number of aromatic amines is 1. The van der Waals surface area contributed by atoms with Crippen molar-refractivity contribution in [1.29, 1.82) is 0 Å². The first kappa shape index (κ1) is 17.8. The number of aromatic nitrogens is 1. The maximum atomic E-state index is 6.34. The maximum absolute atomic E-state index is 6.34. The van der Waals surface area contributed by atoms with Gasteiger partial charge in [0.05, 0.1) is 10.5 Å². The van der Waals surface area contributed by atoms with Crippen LogP contribution in [-0.4, -0.2) is 23.0 Å². The Kier molecular flexibility index (Phi) is 4.62. The largest absolute Gasteiger partial charge is 0.360 e. The summed E-state index contributed by atoms with van der Waals surface area (Å²) in [6.45, 7) is 5.54. The topological polar surface area (TPSA) is 19.0 Å². The summed E-state index contributed by atoms with van der Waals surface area (Å²) in [4.78, 5) is 6.00. The monoisotopic (exact) mass is 388 g/mol. The minimum atomic E-state index is 0.609. The number of piperidine rings is 1. The third-order valence-corrected chi connectivity index (χ3v) is 6.63. The standard InChI is InChI=1S/C25H25ClN2/c1-17-5-2-6-19-7-3-8-20(24(17)19)16-28-13-11-18(12-14-28)22-15-27-25-21(22)9-4-10-23(25)26/h2-10,15,18,27H,11-14,16H2,1H3. The predicted octanol–water partition coefficient (Wildman–Crippen LogP) is 6.66. The minimum absolute atomic E-state index is 0.609. The van der Waals surface area contributed by atoms with Gasteiger partial charge >= 0.3 is 0 Å². The van der Waals surface area contributed by atoms with Crippen molar-refractivity contribution in [2.45, 2.75) is 32.2 Å². The van der Waals surface area contributed by atoms with Crippen LogP contribution in [0.1, 0.15) is 35.4 Å². The van der Waals surface area contributed by atoms with Gasteiger partial charge in [-0.25, -0.2) is 0 Å². The summed E-state index contributed by atoms with van der Waals surface area (Å²) in [5.74, 6) is 0.609. The van der Waals surface area contributed by atoms with E-state index in [0.717, 1.165) is 30.2 Å². The molecule has 1 saturated heterocycles. The Morgan fingerprint density at radius 1 is 1.00 bits per heavy atom. The van der Waals surface area contributed by atoms with Crippen molar-refractivity contribution in [3.05, 3.63) is 82.5 Å². The van der Waals surface area contributed by atoms with E-state index in [-0.39, 0.29) is 0 Å². The van der Waals surface area contributed by atoms with Gasteiger partial charge in [-0.2, -0.15) is 0 Å². The SMILES string of the molecule is Cc1cccc2cccc(CN3CCC(c4c[nH]c5c(Cl)cccc45)CC3)c12. The highest BCUT2D eigenvalue weighted by atomic mass is 35.5. The van der Waals surface area contributed by atoms with E-state index >= 15 is 0 Å². The molecule has 2 nitrogen and oxygen atoms in total. The first-order valence-corrected chi connectivity index (χ1v) is 10.5.